The molecule has 302 valence electrons. The molecule has 14 nitrogen and oxygen atoms in total. The van der Waals surface area contributed by atoms with Crippen LogP contribution in [0.5, 0.6) is 5.75 Å². The van der Waals surface area contributed by atoms with Gasteiger partial charge in [-0.1, -0.05) is 26.0 Å². The van der Waals surface area contributed by atoms with E-state index in [9.17, 15) is 28.4 Å². The quantitative estimate of drug-likeness (QED) is 0.0809. The van der Waals surface area contributed by atoms with E-state index in [2.05, 4.69) is 39.7 Å². The molecule has 0 unspecified atom stereocenters. The van der Waals surface area contributed by atoms with Crippen LogP contribution in [-0.2, 0) is 25.7 Å². The summed E-state index contributed by atoms with van der Waals surface area (Å²) in [6.45, 7) is 11.1. The molecule has 3 aromatic rings. The monoisotopic (exact) mass is 775 g/mol. The van der Waals surface area contributed by atoms with Gasteiger partial charge in [-0.2, -0.15) is 0 Å². The van der Waals surface area contributed by atoms with Crippen molar-refractivity contribution in [2.24, 2.45) is 5.73 Å². The van der Waals surface area contributed by atoms with Gasteiger partial charge in [0.05, 0.1) is 30.5 Å². The van der Waals surface area contributed by atoms with Crippen LogP contribution in [0.4, 0.5) is 14.9 Å². The molecule has 1 aromatic heterocycles. The number of methoxy groups -OCH3 is 1. The number of halogens is 1. The molecule has 0 bridgehead atoms. The lowest BCUT2D eigenvalue weighted by molar-refractivity contribution is -0.129. The first-order valence-electron chi connectivity index (χ1n) is 19.0. The van der Waals surface area contributed by atoms with Gasteiger partial charge < -0.3 is 41.0 Å². The fraction of sp³-hybridized carbons (Fsp3) is 0.439. The molecule has 0 fully saturated rings. The summed E-state index contributed by atoms with van der Waals surface area (Å²) >= 11 is 0. The van der Waals surface area contributed by atoms with Crippen LogP contribution in [0.3, 0.4) is 0 Å². The van der Waals surface area contributed by atoms with Crippen LogP contribution in [0.2, 0.25) is 0 Å². The molecule has 1 aliphatic rings. The van der Waals surface area contributed by atoms with Crippen molar-refractivity contribution in [1.82, 2.24) is 25.8 Å². The summed E-state index contributed by atoms with van der Waals surface area (Å²) in [5.74, 6) is -1.46. The minimum Gasteiger partial charge on any atom is -0.497 e. The van der Waals surface area contributed by atoms with Crippen molar-refractivity contribution >= 4 is 47.1 Å². The van der Waals surface area contributed by atoms with Gasteiger partial charge in [0.15, 0.2) is 0 Å². The van der Waals surface area contributed by atoms with Crippen molar-refractivity contribution in [3.8, 4) is 5.75 Å². The number of nitrogens with two attached hydrogens (primary N) is 1. The van der Waals surface area contributed by atoms with E-state index in [1.54, 1.807) is 33.1 Å². The van der Waals surface area contributed by atoms with E-state index < -0.39 is 23.9 Å². The van der Waals surface area contributed by atoms with E-state index in [0.29, 0.717) is 60.6 Å². The molecular formula is C41H54FN7O7. The maximum atomic E-state index is 14.5. The van der Waals surface area contributed by atoms with Gasteiger partial charge in [0.1, 0.15) is 17.6 Å². The van der Waals surface area contributed by atoms with Crippen molar-refractivity contribution in [1.29, 1.82) is 0 Å². The van der Waals surface area contributed by atoms with Crippen LogP contribution in [0.15, 0.2) is 42.5 Å². The number of aryl methyl sites for hydroxylation is 1. The molecule has 56 heavy (non-hydrogen) atoms. The third-order valence-corrected chi connectivity index (χ3v) is 9.71. The van der Waals surface area contributed by atoms with E-state index in [-0.39, 0.29) is 67.1 Å². The number of amides is 5. The van der Waals surface area contributed by atoms with Crippen LogP contribution >= 0.6 is 0 Å². The second-order valence-corrected chi connectivity index (χ2v) is 13.5. The molecule has 1 atom stereocenters. The zero-order valence-corrected chi connectivity index (χ0v) is 32.9. The second-order valence-electron chi connectivity index (χ2n) is 13.5. The molecule has 0 saturated heterocycles. The number of aromatic amines is 1. The highest BCUT2D eigenvalue weighted by atomic mass is 19.1. The third kappa shape index (κ3) is 11.3. The van der Waals surface area contributed by atoms with Gasteiger partial charge in [-0.3, -0.25) is 19.2 Å². The average Bonchev–Trinajstić information content (AvgIpc) is 3.62. The predicted molar refractivity (Wildman–Crippen MR) is 212 cm³/mol. The second kappa shape index (κ2) is 20.9. The van der Waals surface area contributed by atoms with Gasteiger partial charge in [0.25, 0.3) is 11.8 Å². The van der Waals surface area contributed by atoms with Crippen LogP contribution in [0, 0.1) is 19.7 Å². The fourth-order valence-corrected chi connectivity index (χ4v) is 6.49. The number of imide groups is 1. The van der Waals surface area contributed by atoms with E-state index in [1.807, 2.05) is 12.1 Å². The number of benzene rings is 2. The summed E-state index contributed by atoms with van der Waals surface area (Å²) in [7, 11) is 1.57. The number of carbonyl (C=O) groups is 5. The standard InChI is InChI=1S/C41H54FN7O7/c1-6-48(7-2)21-20-44-39(52)37-26(3)34(46-27(37)4)24-32-31-23-29(42)14-17-35(31)49(40(32)53)41(54)56-22-10-8-9-11-36(50)47-33(18-19-43)38(51)45-25-28-12-15-30(55-5)16-13-28/h12-17,23-24,33,46H,6-11,18-22,25,43H2,1-5H3,(H,44,52)(H,45,51)(H,47,50)/b32-24-/t33-/m0/s1. The first kappa shape index (κ1) is 43.2. The molecule has 4 rings (SSSR count). The van der Waals surface area contributed by atoms with Crippen LogP contribution in [0.25, 0.3) is 11.6 Å². The number of fused-ring (bicyclic) bond motifs is 1. The number of hydrogen-bond acceptors (Lipinski definition) is 9. The highest BCUT2D eigenvalue weighted by Crippen LogP contribution is 2.39. The summed E-state index contributed by atoms with van der Waals surface area (Å²) in [6.07, 6.45) is 2.44. The number of nitrogens with zero attached hydrogens (tertiary/aromatic N) is 2. The third-order valence-electron chi connectivity index (χ3n) is 9.71. The molecule has 15 heteroatoms. The Kier molecular flexibility index (Phi) is 16.2. The predicted octanol–water partition coefficient (Wildman–Crippen LogP) is 4.59. The Morgan fingerprint density at radius 2 is 1.75 bits per heavy atom. The number of aromatic nitrogens is 1. The Morgan fingerprint density at radius 1 is 1.02 bits per heavy atom. The molecule has 5 amide bonds. The first-order chi connectivity index (χ1) is 26.9. The lowest BCUT2D eigenvalue weighted by Crippen LogP contribution is -2.47. The zero-order valence-electron chi connectivity index (χ0n) is 32.9. The van der Waals surface area contributed by atoms with Gasteiger partial charge >= 0.3 is 6.09 Å². The molecule has 2 heterocycles. The SMILES string of the molecule is CCN(CC)CCNC(=O)c1c(C)[nH]c(/C=C2\C(=O)N(C(=O)OCCCCCC(=O)N[C@@H](CCN)C(=O)NCc3ccc(OC)cc3)c3ccc(F)cc32)c1C. The van der Waals surface area contributed by atoms with Gasteiger partial charge in [-0.25, -0.2) is 14.1 Å². The van der Waals surface area contributed by atoms with Crippen LogP contribution in [-0.4, -0.2) is 92.1 Å². The number of rotatable bonds is 20. The number of anilines is 1. The lowest BCUT2D eigenvalue weighted by Gasteiger charge is -2.18. The summed E-state index contributed by atoms with van der Waals surface area (Å²) < 4.78 is 25.1. The highest BCUT2D eigenvalue weighted by molar-refractivity contribution is 6.41. The maximum absolute atomic E-state index is 14.5. The zero-order chi connectivity index (χ0) is 40.8. The Morgan fingerprint density at radius 3 is 2.43 bits per heavy atom. The lowest BCUT2D eigenvalue weighted by atomic mass is 10.0. The van der Waals surface area contributed by atoms with Crippen LogP contribution < -0.4 is 31.3 Å². The minimum atomic E-state index is -0.915. The molecule has 0 spiro atoms. The number of carbonyl (C=O) groups excluding carboxylic acids is 5. The Bertz CT molecular complexity index is 1890. The normalized spacial score (nSPS) is 13.5. The smallest absolute Gasteiger partial charge is 0.421 e. The number of hydrogen-bond donors (Lipinski definition) is 5. The van der Waals surface area contributed by atoms with Gasteiger partial charge in [-0.05, 0) is 107 Å². The summed E-state index contributed by atoms with van der Waals surface area (Å²) in [5, 5.41) is 8.53. The molecule has 0 aliphatic carbocycles. The fourth-order valence-electron chi connectivity index (χ4n) is 6.49. The van der Waals surface area contributed by atoms with Gasteiger partial charge in [0.2, 0.25) is 11.8 Å². The number of unbranched alkanes of at least 4 members (excludes halogenated alkanes) is 2. The topological polar surface area (TPSA) is 188 Å². The number of ether oxygens (including phenoxy) is 2. The molecule has 2 aromatic carbocycles. The largest absolute Gasteiger partial charge is 0.497 e. The molecule has 0 radical (unpaired) electrons. The number of nitrogens with one attached hydrogen (secondary N) is 4. The van der Waals surface area contributed by atoms with E-state index in [1.165, 1.54) is 18.2 Å². The van der Waals surface area contributed by atoms with Crippen molar-refractivity contribution in [2.45, 2.75) is 72.4 Å². The van der Waals surface area contributed by atoms with Crippen LogP contribution in [0.1, 0.15) is 84.4 Å². The number of H-pyrrole nitrogens is 1. The van der Waals surface area contributed by atoms with Crippen molar-refractivity contribution in [3.05, 3.63) is 81.9 Å². The van der Waals surface area contributed by atoms with Crippen molar-refractivity contribution < 1.29 is 37.8 Å². The molecule has 6 N–H and O–H groups in total. The molecule has 0 saturated carbocycles. The van der Waals surface area contributed by atoms with Crippen molar-refractivity contribution in [2.75, 3.05) is 51.3 Å². The van der Waals surface area contributed by atoms with Gasteiger partial charge in [-0.15, -0.1) is 0 Å². The number of likely N-dealkylation sites (N-methyl/N-ethyl adjacent to an activating group) is 1. The minimum absolute atomic E-state index is 0.0228. The summed E-state index contributed by atoms with van der Waals surface area (Å²) in [4.78, 5) is 71.7. The van der Waals surface area contributed by atoms with E-state index >= 15 is 0 Å². The molecular weight excluding hydrogens is 721 g/mol. The first-order valence-corrected chi connectivity index (χ1v) is 19.0. The average molecular weight is 776 g/mol. The molecule has 1 aliphatic heterocycles. The Hall–Kier alpha value is -5.54. The van der Waals surface area contributed by atoms with Crippen molar-refractivity contribution in [3.63, 3.8) is 0 Å². The highest BCUT2D eigenvalue weighted by Gasteiger charge is 2.38. The summed E-state index contributed by atoms with van der Waals surface area (Å²) in [6, 6.07) is 10.2. The Labute approximate surface area is 327 Å². The maximum Gasteiger partial charge on any atom is 0.421 e. The van der Waals surface area contributed by atoms with E-state index in [4.69, 9.17) is 15.2 Å². The van der Waals surface area contributed by atoms with Gasteiger partial charge in [0, 0.05) is 43.0 Å². The van der Waals surface area contributed by atoms with E-state index in [0.717, 1.165) is 29.6 Å². The Balaban J connectivity index is 1.29. The summed E-state index contributed by atoms with van der Waals surface area (Å²) in [5.41, 5.74) is 9.20.